The number of benzene rings is 1. The molecule has 2 heterocycles. The number of rotatable bonds is 4. The molecule has 1 saturated heterocycles. The van der Waals surface area contributed by atoms with E-state index in [4.69, 9.17) is 5.11 Å². The van der Waals surface area contributed by atoms with Gasteiger partial charge in [-0.3, -0.25) is 29.4 Å². The van der Waals surface area contributed by atoms with Gasteiger partial charge in [0.15, 0.2) is 0 Å². The zero-order valence-corrected chi connectivity index (χ0v) is 13.0. The molecule has 24 heavy (non-hydrogen) atoms. The van der Waals surface area contributed by atoms with E-state index >= 15 is 0 Å². The molecule has 0 spiro atoms. The Hall–Kier alpha value is -2.74. The number of nitrogens with one attached hydrogen (secondary N) is 2. The fourth-order valence-electron chi connectivity index (χ4n) is 2.95. The van der Waals surface area contributed by atoms with Crippen LogP contribution in [0.5, 0.6) is 0 Å². The lowest BCUT2D eigenvalue weighted by atomic mass is 10.0. The Morgan fingerprint density at radius 3 is 2.71 bits per heavy atom. The smallest absolute Gasteiger partial charge is 0.264 e. The molecule has 1 aromatic carbocycles. The van der Waals surface area contributed by atoms with E-state index in [0.717, 1.165) is 4.90 Å². The third-order valence-electron chi connectivity index (χ3n) is 4.14. The lowest BCUT2D eigenvalue weighted by molar-refractivity contribution is -0.136. The highest BCUT2D eigenvalue weighted by Crippen LogP contribution is 2.32. The molecule has 2 aliphatic heterocycles. The van der Waals surface area contributed by atoms with Crippen LogP contribution in [-0.4, -0.2) is 52.3 Å². The normalized spacial score (nSPS) is 21.6. The minimum Gasteiger partial charge on any atom is -0.394 e. The summed E-state index contributed by atoms with van der Waals surface area (Å²) in [5.74, 6) is -2.17. The number of carbonyl (C=O) groups excluding carboxylic acids is 4. The zero-order valence-electron chi connectivity index (χ0n) is 13.0. The molecule has 4 amide bonds. The molecule has 2 atom stereocenters. The number of aliphatic hydroxyl groups is 1. The van der Waals surface area contributed by atoms with E-state index in [2.05, 4.69) is 10.6 Å². The van der Waals surface area contributed by atoms with Crippen LogP contribution in [0.15, 0.2) is 18.2 Å². The number of aliphatic hydroxyl groups excluding tert-OH is 1. The summed E-state index contributed by atoms with van der Waals surface area (Å²) in [4.78, 5) is 49.6. The van der Waals surface area contributed by atoms with Crippen LogP contribution < -0.4 is 10.6 Å². The average molecular weight is 331 g/mol. The van der Waals surface area contributed by atoms with Crippen molar-refractivity contribution in [3.8, 4) is 0 Å². The van der Waals surface area contributed by atoms with Crippen molar-refractivity contribution in [2.24, 2.45) is 0 Å². The van der Waals surface area contributed by atoms with Crippen molar-refractivity contribution in [1.29, 1.82) is 0 Å². The number of amides is 4. The van der Waals surface area contributed by atoms with E-state index in [9.17, 15) is 19.2 Å². The first-order chi connectivity index (χ1) is 11.4. The molecule has 1 aromatic rings. The van der Waals surface area contributed by atoms with Gasteiger partial charge in [0.25, 0.3) is 11.8 Å². The predicted octanol–water partition coefficient (Wildman–Crippen LogP) is -0.120. The van der Waals surface area contributed by atoms with Gasteiger partial charge in [0.1, 0.15) is 6.04 Å². The molecular formula is C16H17N3O5. The molecule has 126 valence electrons. The highest BCUT2D eigenvalue weighted by atomic mass is 16.3. The van der Waals surface area contributed by atoms with Crippen LogP contribution in [0.25, 0.3) is 0 Å². The largest absolute Gasteiger partial charge is 0.394 e. The van der Waals surface area contributed by atoms with Gasteiger partial charge in [0.2, 0.25) is 11.8 Å². The van der Waals surface area contributed by atoms with E-state index in [1.807, 2.05) is 0 Å². The lowest BCUT2D eigenvalue weighted by Crippen LogP contribution is -2.54. The number of nitrogens with zero attached hydrogens (tertiary/aromatic N) is 1. The van der Waals surface area contributed by atoms with Crippen LogP contribution >= 0.6 is 0 Å². The summed E-state index contributed by atoms with van der Waals surface area (Å²) in [5, 5.41) is 14.3. The summed E-state index contributed by atoms with van der Waals surface area (Å²) in [6.07, 6.45) is 0.197. The van der Waals surface area contributed by atoms with Crippen molar-refractivity contribution < 1.29 is 24.3 Å². The number of hydrogen-bond donors (Lipinski definition) is 3. The molecule has 0 bridgehead atoms. The average Bonchev–Trinajstić information content (AvgIpc) is 2.80. The van der Waals surface area contributed by atoms with Crippen LogP contribution in [0.1, 0.15) is 40.5 Å². The minimum absolute atomic E-state index is 0.0798. The van der Waals surface area contributed by atoms with Crippen molar-refractivity contribution in [3.05, 3.63) is 29.3 Å². The Morgan fingerprint density at radius 1 is 1.29 bits per heavy atom. The Bertz CT molecular complexity index is 745. The summed E-state index contributed by atoms with van der Waals surface area (Å²) in [7, 11) is 0. The monoisotopic (exact) mass is 331 g/mol. The van der Waals surface area contributed by atoms with Crippen molar-refractivity contribution in [1.82, 2.24) is 10.2 Å². The van der Waals surface area contributed by atoms with Gasteiger partial charge >= 0.3 is 0 Å². The lowest BCUT2D eigenvalue weighted by Gasteiger charge is -2.27. The third kappa shape index (κ3) is 2.54. The van der Waals surface area contributed by atoms with Crippen LogP contribution in [-0.2, 0) is 9.59 Å². The molecule has 8 heteroatoms. The van der Waals surface area contributed by atoms with Crippen molar-refractivity contribution >= 4 is 29.3 Å². The first kappa shape index (κ1) is 16.1. The number of piperidine rings is 1. The van der Waals surface area contributed by atoms with Crippen LogP contribution in [0.3, 0.4) is 0 Å². The molecule has 0 aliphatic carbocycles. The second-order valence-electron chi connectivity index (χ2n) is 5.90. The Morgan fingerprint density at radius 2 is 2.04 bits per heavy atom. The van der Waals surface area contributed by atoms with E-state index < -0.39 is 29.7 Å². The maximum absolute atomic E-state index is 12.8. The van der Waals surface area contributed by atoms with Crippen molar-refractivity contribution in [3.63, 3.8) is 0 Å². The van der Waals surface area contributed by atoms with Gasteiger partial charge in [-0.1, -0.05) is 6.07 Å². The van der Waals surface area contributed by atoms with E-state index in [0.29, 0.717) is 5.69 Å². The Balaban J connectivity index is 1.95. The summed E-state index contributed by atoms with van der Waals surface area (Å²) in [5.41, 5.74) is 0.828. The number of anilines is 1. The molecule has 0 saturated carbocycles. The van der Waals surface area contributed by atoms with Gasteiger partial charge in [-0.15, -0.1) is 0 Å². The fraction of sp³-hybridized carbons (Fsp3) is 0.375. The summed E-state index contributed by atoms with van der Waals surface area (Å²) < 4.78 is 0. The Kier molecular flexibility index (Phi) is 4.06. The number of hydrogen-bond acceptors (Lipinski definition) is 6. The first-order valence-corrected chi connectivity index (χ1v) is 7.66. The fourth-order valence-corrected chi connectivity index (χ4v) is 2.95. The molecule has 3 rings (SSSR count). The van der Waals surface area contributed by atoms with Crippen molar-refractivity contribution in [2.75, 3.05) is 11.9 Å². The maximum atomic E-state index is 12.8. The number of imide groups is 2. The molecule has 3 N–H and O–H groups in total. The first-order valence-electron chi connectivity index (χ1n) is 7.66. The second-order valence-corrected chi connectivity index (χ2v) is 5.90. The van der Waals surface area contributed by atoms with Gasteiger partial charge in [0.05, 0.1) is 17.7 Å². The second kappa shape index (κ2) is 6.04. The predicted molar refractivity (Wildman–Crippen MR) is 83.3 cm³/mol. The Labute approximate surface area is 137 Å². The van der Waals surface area contributed by atoms with Gasteiger partial charge in [-0.2, -0.15) is 0 Å². The highest BCUT2D eigenvalue weighted by molar-refractivity contribution is 6.25. The summed E-state index contributed by atoms with van der Waals surface area (Å²) in [6, 6.07) is 3.51. The number of carbonyl (C=O) groups is 4. The number of fused-ring (bicyclic) bond motifs is 1. The maximum Gasteiger partial charge on any atom is 0.264 e. The molecule has 1 unspecified atom stereocenters. The summed E-state index contributed by atoms with van der Waals surface area (Å²) in [6.45, 7) is 1.60. The minimum atomic E-state index is -0.988. The molecule has 1 fully saturated rings. The zero-order chi connectivity index (χ0) is 17.4. The van der Waals surface area contributed by atoms with Crippen LogP contribution in [0.4, 0.5) is 5.69 Å². The van der Waals surface area contributed by atoms with E-state index in [1.54, 1.807) is 19.1 Å². The van der Waals surface area contributed by atoms with Crippen LogP contribution in [0.2, 0.25) is 0 Å². The highest BCUT2D eigenvalue weighted by Gasteiger charge is 2.45. The topological polar surface area (TPSA) is 116 Å². The van der Waals surface area contributed by atoms with Gasteiger partial charge in [-0.05, 0) is 25.5 Å². The third-order valence-corrected chi connectivity index (χ3v) is 4.14. The van der Waals surface area contributed by atoms with Gasteiger partial charge in [-0.25, -0.2) is 0 Å². The van der Waals surface area contributed by atoms with E-state index in [1.165, 1.54) is 6.07 Å². The molecule has 0 aromatic heterocycles. The molecule has 8 nitrogen and oxygen atoms in total. The molecule has 2 aliphatic rings. The quantitative estimate of drug-likeness (QED) is 0.663. The summed E-state index contributed by atoms with van der Waals surface area (Å²) >= 11 is 0. The SMILES string of the molecule is C[C@H](CO)Nc1cccc2c1C(=O)N(C1CCC(=O)NC1=O)C2=O. The van der Waals surface area contributed by atoms with Gasteiger partial charge < -0.3 is 10.4 Å². The standard InChI is InChI=1S/C16H17N3O5/c1-8(7-20)17-10-4-2-3-9-13(10)16(24)19(15(9)23)11-5-6-12(21)18-14(11)22/h2-4,8,11,17,20H,5-7H2,1H3,(H,18,21,22)/t8-,11?/m1/s1. The van der Waals surface area contributed by atoms with E-state index in [-0.39, 0.29) is 36.6 Å². The van der Waals surface area contributed by atoms with Gasteiger partial charge in [0, 0.05) is 18.2 Å². The van der Waals surface area contributed by atoms with Crippen LogP contribution in [0, 0.1) is 0 Å². The van der Waals surface area contributed by atoms with Crippen molar-refractivity contribution in [2.45, 2.75) is 31.8 Å². The molecule has 0 radical (unpaired) electrons. The molecular weight excluding hydrogens is 314 g/mol.